The SMILES string of the molecule is CO[C@H](C)c1nc(CN2CCCN(CCC(=O)Nc3cccc(Cl)c3)CC2)cs1. The molecule has 1 fully saturated rings. The molecule has 3 rings (SSSR count). The molecule has 0 saturated carbocycles. The number of ether oxygens (including phenoxy) is 1. The van der Waals surface area contributed by atoms with E-state index in [1.807, 2.05) is 19.1 Å². The lowest BCUT2D eigenvalue weighted by Crippen LogP contribution is -2.32. The molecule has 0 bridgehead atoms. The smallest absolute Gasteiger partial charge is 0.225 e. The Morgan fingerprint density at radius 1 is 1.31 bits per heavy atom. The maximum atomic E-state index is 12.2. The Bertz CT molecular complexity index is 800. The van der Waals surface area contributed by atoms with Gasteiger partial charge in [0.1, 0.15) is 11.1 Å². The third-order valence-electron chi connectivity index (χ3n) is 5.10. The highest BCUT2D eigenvalue weighted by Crippen LogP contribution is 2.21. The number of amides is 1. The van der Waals surface area contributed by atoms with Crippen molar-refractivity contribution in [1.29, 1.82) is 0 Å². The lowest BCUT2D eigenvalue weighted by atomic mass is 10.3. The summed E-state index contributed by atoms with van der Waals surface area (Å²) < 4.78 is 5.35. The maximum Gasteiger partial charge on any atom is 0.225 e. The summed E-state index contributed by atoms with van der Waals surface area (Å²) in [5.74, 6) is 0.0237. The van der Waals surface area contributed by atoms with Gasteiger partial charge < -0.3 is 15.0 Å². The predicted molar refractivity (Wildman–Crippen MR) is 119 cm³/mol. The largest absolute Gasteiger partial charge is 0.375 e. The first-order valence-electron chi connectivity index (χ1n) is 10.0. The molecule has 29 heavy (non-hydrogen) atoms. The summed E-state index contributed by atoms with van der Waals surface area (Å²) in [7, 11) is 1.71. The Kier molecular flexibility index (Phi) is 8.44. The molecule has 6 nitrogen and oxygen atoms in total. The Hall–Kier alpha value is -1.51. The molecule has 8 heteroatoms. The summed E-state index contributed by atoms with van der Waals surface area (Å²) in [4.78, 5) is 21.8. The van der Waals surface area contributed by atoms with E-state index in [1.54, 1.807) is 30.6 Å². The number of carbonyl (C=O) groups is 1. The van der Waals surface area contributed by atoms with Crippen molar-refractivity contribution in [1.82, 2.24) is 14.8 Å². The second kappa shape index (κ2) is 11.0. The highest BCUT2D eigenvalue weighted by Gasteiger charge is 2.17. The van der Waals surface area contributed by atoms with Gasteiger partial charge in [-0.3, -0.25) is 9.69 Å². The van der Waals surface area contributed by atoms with Crippen LogP contribution in [-0.4, -0.2) is 60.5 Å². The first-order chi connectivity index (χ1) is 14.0. The minimum absolute atomic E-state index is 0.0237. The Morgan fingerprint density at radius 3 is 2.90 bits per heavy atom. The van der Waals surface area contributed by atoms with E-state index in [-0.39, 0.29) is 12.0 Å². The van der Waals surface area contributed by atoms with E-state index in [0.717, 1.165) is 62.1 Å². The standard InChI is InChI=1S/C21H29ClN4O2S/c1-16(28-2)21-24-19(15-29-21)14-26-9-4-8-25(11-12-26)10-7-20(27)23-18-6-3-5-17(22)13-18/h3,5-6,13,15-16H,4,7-12,14H2,1-2H3,(H,23,27)/t16-/m1/s1. The highest BCUT2D eigenvalue weighted by atomic mass is 35.5. The van der Waals surface area contributed by atoms with Crippen LogP contribution < -0.4 is 5.32 Å². The molecule has 2 aromatic rings. The number of nitrogens with one attached hydrogen (secondary N) is 1. The molecular formula is C21H29ClN4O2S. The van der Waals surface area contributed by atoms with E-state index < -0.39 is 0 Å². The number of carbonyl (C=O) groups excluding carboxylic acids is 1. The van der Waals surface area contributed by atoms with Crippen molar-refractivity contribution >= 4 is 34.5 Å². The first kappa shape index (κ1) is 22.2. The van der Waals surface area contributed by atoms with Crippen molar-refractivity contribution < 1.29 is 9.53 Å². The average molecular weight is 437 g/mol. The molecular weight excluding hydrogens is 408 g/mol. The van der Waals surface area contributed by atoms with Crippen LogP contribution >= 0.6 is 22.9 Å². The van der Waals surface area contributed by atoms with Gasteiger partial charge >= 0.3 is 0 Å². The van der Waals surface area contributed by atoms with Gasteiger partial charge in [-0.1, -0.05) is 17.7 Å². The third kappa shape index (κ3) is 7.04. The van der Waals surface area contributed by atoms with Gasteiger partial charge in [-0.15, -0.1) is 11.3 Å². The number of thiazole rings is 1. The second-order valence-corrected chi connectivity index (χ2v) is 8.66. The number of anilines is 1. The van der Waals surface area contributed by atoms with Crippen LogP contribution in [-0.2, 0) is 16.1 Å². The van der Waals surface area contributed by atoms with E-state index in [0.29, 0.717) is 11.4 Å². The second-order valence-electron chi connectivity index (χ2n) is 7.33. The van der Waals surface area contributed by atoms with Crippen molar-refractivity contribution in [2.45, 2.75) is 32.4 Å². The predicted octanol–water partition coefficient (Wildman–Crippen LogP) is 4.04. The van der Waals surface area contributed by atoms with Crippen LogP contribution in [0.3, 0.4) is 0 Å². The van der Waals surface area contributed by atoms with E-state index in [2.05, 4.69) is 20.5 Å². The number of hydrogen-bond acceptors (Lipinski definition) is 6. The van der Waals surface area contributed by atoms with Crippen molar-refractivity contribution in [2.24, 2.45) is 0 Å². The van der Waals surface area contributed by atoms with Gasteiger partial charge in [0, 0.05) is 55.8 Å². The van der Waals surface area contributed by atoms with Crippen LogP contribution in [0.4, 0.5) is 5.69 Å². The Labute approximate surface area is 181 Å². The third-order valence-corrected chi connectivity index (χ3v) is 6.39. The number of benzene rings is 1. The van der Waals surface area contributed by atoms with E-state index in [4.69, 9.17) is 21.3 Å². The fraction of sp³-hybridized carbons (Fsp3) is 0.524. The van der Waals surface area contributed by atoms with Gasteiger partial charge in [0.25, 0.3) is 0 Å². The fourth-order valence-electron chi connectivity index (χ4n) is 3.37. The molecule has 1 atom stereocenters. The van der Waals surface area contributed by atoms with Crippen LogP contribution in [0, 0.1) is 0 Å². The van der Waals surface area contributed by atoms with Crippen LogP contribution in [0.2, 0.25) is 5.02 Å². The number of methoxy groups -OCH3 is 1. The molecule has 2 heterocycles. The molecule has 158 valence electrons. The Balaban J connectivity index is 1.41. The lowest BCUT2D eigenvalue weighted by Gasteiger charge is -2.21. The average Bonchev–Trinajstić information content (AvgIpc) is 3.05. The lowest BCUT2D eigenvalue weighted by molar-refractivity contribution is -0.116. The normalized spacial score (nSPS) is 17.1. The number of halogens is 1. The first-order valence-corrected chi connectivity index (χ1v) is 11.3. The van der Waals surface area contributed by atoms with Crippen LogP contribution in [0.5, 0.6) is 0 Å². The van der Waals surface area contributed by atoms with Crippen molar-refractivity contribution in [2.75, 3.05) is 45.2 Å². The molecule has 0 unspecified atom stereocenters. The van der Waals surface area contributed by atoms with Gasteiger partial charge in [-0.25, -0.2) is 4.98 Å². The molecule has 0 aliphatic carbocycles. The zero-order chi connectivity index (χ0) is 20.6. The van der Waals surface area contributed by atoms with Gasteiger partial charge in [0.2, 0.25) is 5.91 Å². The summed E-state index contributed by atoms with van der Waals surface area (Å²) >= 11 is 7.63. The Morgan fingerprint density at radius 2 is 2.10 bits per heavy atom. The molecule has 1 aromatic heterocycles. The van der Waals surface area contributed by atoms with E-state index in [9.17, 15) is 4.79 Å². The summed E-state index contributed by atoms with van der Waals surface area (Å²) in [6.45, 7) is 7.69. The van der Waals surface area contributed by atoms with Gasteiger partial charge in [0.05, 0.1) is 5.69 Å². The molecule has 1 aromatic carbocycles. The quantitative estimate of drug-likeness (QED) is 0.676. The van der Waals surface area contributed by atoms with E-state index in [1.165, 1.54) is 0 Å². The summed E-state index contributed by atoms with van der Waals surface area (Å²) in [5.41, 5.74) is 1.86. The summed E-state index contributed by atoms with van der Waals surface area (Å²) in [6, 6.07) is 7.25. The van der Waals surface area contributed by atoms with E-state index >= 15 is 0 Å². The molecule has 0 spiro atoms. The zero-order valence-corrected chi connectivity index (χ0v) is 18.6. The summed E-state index contributed by atoms with van der Waals surface area (Å²) in [5, 5.41) is 6.71. The molecule has 1 amide bonds. The maximum absolute atomic E-state index is 12.2. The van der Waals surface area contributed by atoms with Crippen molar-refractivity contribution in [3.8, 4) is 0 Å². The van der Waals surface area contributed by atoms with Gasteiger partial charge in [0.15, 0.2) is 0 Å². The number of hydrogen-bond donors (Lipinski definition) is 1. The zero-order valence-electron chi connectivity index (χ0n) is 17.1. The molecule has 1 aliphatic rings. The highest BCUT2D eigenvalue weighted by molar-refractivity contribution is 7.09. The monoisotopic (exact) mass is 436 g/mol. The topological polar surface area (TPSA) is 57.7 Å². The molecule has 1 saturated heterocycles. The number of rotatable bonds is 8. The summed E-state index contributed by atoms with van der Waals surface area (Å²) in [6.07, 6.45) is 1.63. The fourth-order valence-corrected chi connectivity index (χ4v) is 4.40. The number of nitrogens with zero attached hydrogens (tertiary/aromatic N) is 3. The molecule has 1 aliphatic heterocycles. The number of aromatic nitrogens is 1. The van der Waals surface area contributed by atoms with Crippen molar-refractivity contribution in [3.63, 3.8) is 0 Å². The van der Waals surface area contributed by atoms with Gasteiger partial charge in [-0.2, -0.15) is 0 Å². The van der Waals surface area contributed by atoms with Crippen LogP contribution in [0.1, 0.15) is 36.6 Å². The minimum atomic E-state index is 0.0237. The minimum Gasteiger partial charge on any atom is -0.375 e. The van der Waals surface area contributed by atoms with Crippen LogP contribution in [0.25, 0.3) is 0 Å². The molecule has 1 N–H and O–H groups in total. The van der Waals surface area contributed by atoms with Crippen LogP contribution in [0.15, 0.2) is 29.6 Å². The molecule has 0 radical (unpaired) electrons. The van der Waals surface area contributed by atoms with Crippen molar-refractivity contribution in [3.05, 3.63) is 45.4 Å². The van der Waals surface area contributed by atoms with Gasteiger partial charge in [-0.05, 0) is 44.6 Å².